The zero-order valence-electron chi connectivity index (χ0n) is 8.67. The van der Waals surface area contributed by atoms with Crippen LogP contribution >= 0.6 is 0 Å². The molecule has 2 atom stereocenters. The molecule has 0 heterocycles. The van der Waals surface area contributed by atoms with Crippen molar-refractivity contribution in [3.05, 3.63) is 0 Å². The first-order valence-corrected chi connectivity index (χ1v) is 4.57. The van der Waals surface area contributed by atoms with Gasteiger partial charge in [-0.25, -0.2) is 0 Å². The molecule has 0 rings (SSSR count). The third-order valence-corrected chi connectivity index (χ3v) is 2.17. The lowest BCUT2D eigenvalue weighted by molar-refractivity contribution is 0.145. The molecule has 74 valence electrons. The first kappa shape index (κ1) is 11.9. The maximum atomic E-state index is 8.89. The maximum Gasteiger partial charge on any atom is 0.0584 e. The Balaban J connectivity index is 3.59. The van der Waals surface area contributed by atoms with Crippen molar-refractivity contribution in [3.8, 4) is 0 Å². The lowest BCUT2D eigenvalue weighted by atomic mass is 10.1. The molecule has 0 fully saturated rings. The molecule has 0 aliphatic rings. The van der Waals surface area contributed by atoms with Crippen LogP contribution in [0.15, 0.2) is 0 Å². The molecular formula is C9H22N2O. The average Bonchev–Trinajstić information content (AvgIpc) is 2.03. The van der Waals surface area contributed by atoms with Crippen molar-refractivity contribution >= 4 is 0 Å². The zero-order chi connectivity index (χ0) is 9.56. The fraction of sp³-hybridized carbons (Fsp3) is 1.00. The van der Waals surface area contributed by atoms with Crippen LogP contribution in [0.2, 0.25) is 0 Å². The zero-order valence-corrected chi connectivity index (χ0v) is 8.67. The number of hydrogen-bond acceptors (Lipinski definition) is 3. The molecule has 0 aromatic heterocycles. The summed E-state index contributed by atoms with van der Waals surface area (Å²) in [5, 5.41) is 12.0. The van der Waals surface area contributed by atoms with Crippen LogP contribution in [0, 0.1) is 5.92 Å². The van der Waals surface area contributed by atoms with E-state index in [1.54, 1.807) is 0 Å². The van der Waals surface area contributed by atoms with Crippen LogP contribution in [0.3, 0.4) is 0 Å². The maximum absolute atomic E-state index is 8.89. The summed E-state index contributed by atoms with van der Waals surface area (Å²) in [6, 6.07) is 0.268. The lowest BCUT2D eigenvalue weighted by Gasteiger charge is -2.25. The van der Waals surface area contributed by atoms with Crippen LogP contribution in [0.5, 0.6) is 0 Å². The van der Waals surface area contributed by atoms with Gasteiger partial charge in [-0.05, 0) is 33.5 Å². The molecule has 0 spiro atoms. The molecule has 0 aliphatic heterocycles. The monoisotopic (exact) mass is 174 g/mol. The van der Waals surface area contributed by atoms with E-state index in [0.717, 1.165) is 13.1 Å². The van der Waals surface area contributed by atoms with E-state index in [-0.39, 0.29) is 12.6 Å². The average molecular weight is 174 g/mol. The normalized spacial score (nSPS) is 16.5. The second-order valence-electron chi connectivity index (χ2n) is 3.63. The van der Waals surface area contributed by atoms with Crippen molar-refractivity contribution in [1.82, 2.24) is 10.2 Å². The summed E-state index contributed by atoms with van der Waals surface area (Å²) in [7, 11) is 4.01. The summed E-state index contributed by atoms with van der Waals surface area (Å²) in [5.74, 6) is 0.633. The Morgan fingerprint density at radius 1 is 1.42 bits per heavy atom. The predicted octanol–water partition coefficient (Wildman–Crippen LogP) is 0.155. The summed E-state index contributed by atoms with van der Waals surface area (Å²) >= 11 is 0. The quantitative estimate of drug-likeness (QED) is 0.602. The van der Waals surface area contributed by atoms with Gasteiger partial charge in [0, 0.05) is 12.6 Å². The van der Waals surface area contributed by atoms with E-state index in [0.29, 0.717) is 5.92 Å². The van der Waals surface area contributed by atoms with Gasteiger partial charge in [-0.2, -0.15) is 0 Å². The number of nitrogens with one attached hydrogen (secondary N) is 1. The topological polar surface area (TPSA) is 35.5 Å². The Hall–Kier alpha value is -0.120. The van der Waals surface area contributed by atoms with Gasteiger partial charge in [0.15, 0.2) is 0 Å². The number of hydrogen-bond donors (Lipinski definition) is 2. The fourth-order valence-corrected chi connectivity index (χ4v) is 1.22. The molecule has 3 heteroatoms. The number of aliphatic hydroxyl groups excluding tert-OH is 1. The molecule has 0 bridgehead atoms. The van der Waals surface area contributed by atoms with Gasteiger partial charge in [-0.3, -0.25) is 0 Å². The minimum absolute atomic E-state index is 0.239. The molecule has 0 aliphatic carbocycles. The highest BCUT2D eigenvalue weighted by Gasteiger charge is 2.10. The summed E-state index contributed by atoms with van der Waals surface area (Å²) < 4.78 is 0. The van der Waals surface area contributed by atoms with Gasteiger partial charge >= 0.3 is 0 Å². The number of aliphatic hydroxyl groups is 1. The van der Waals surface area contributed by atoms with Gasteiger partial charge in [0.25, 0.3) is 0 Å². The van der Waals surface area contributed by atoms with Gasteiger partial charge in [0.2, 0.25) is 0 Å². The van der Waals surface area contributed by atoms with Gasteiger partial charge in [0.05, 0.1) is 6.61 Å². The SMILES string of the molecule is CNCC(C)CN(C)C(C)CO. The number of likely N-dealkylation sites (N-methyl/N-ethyl adjacent to an activating group) is 1. The van der Waals surface area contributed by atoms with E-state index in [2.05, 4.69) is 17.1 Å². The summed E-state index contributed by atoms with van der Waals surface area (Å²) in [5.41, 5.74) is 0. The van der Waals surface area contributed by atoms with Gasteiger partial charge < -0.3 is 15.3 Å². The highest BCUT2D eigenvalue weighted by atomic mass is 16.3. The van der Waals surface area contributed by atoms with E-state index in [1.165, 1.54) is 0 Å². The summed E-state index contributed by atoms with van der Waals surface area (Å²) in [4.78, 5) is 2.18. The standard InChI is InChI=1S/C9H22N2O/c1-8(5-10-3)6-11(4)9(2)7-12/h8-10,12H,5-7H2,1-4H3. The highest BCUT2D eigenvalue weighted by Crippen LogP contribution is 2.00. The molecule has 3 nitrogen and oxygen atoms in total. The van der Waals surface area contributed by atoms with Gasteiger partial charge in [-0.15, -0.1) is 0 Å². The van der Waals surface area contributed by atoms with Crippen molar-refractivity contribution in [2.24, 2.45) is 5.92 Å². The van der Waals surface area contributed by atoms with Crippen LogP contribution in [-0.4, -0.2) is 49.8 Å². The molecule has 0 aromatic rings. The van der Waals surface area contributed by atoms with Crippen LogP contribution in [-0.2, 0) is 0 Å². The van der Waals surface area contributed by atoms with E-state index in [4.69, 9.17) is 5.11 Å². The lowest BCUT2D eigenvalue weighted by Crippen LogP contribution is -2.37. The second kappa shape index (κ2) is 6.40. The third kappa shape index (κ3) is 4.70. The molecule has 0 radical (unpaired) electrons. The van der Waals surface area contributed by atoms with Crippen molar-refractivity contribution in [1.29, 1.82) is 0 Å². The molecule has 2 N–H and O–H groups in total. The molecule has 0 saturated heterocycles. The number of nitrogens with zero attached hydrogens (tertiary/aromatic N) is 1. The predicted molar refractivity (Wildman–Crippen MR) is 52.3 cm³/mol. The number of rotatable bonds is 6. The first-order chi connectivity index (χ1) is 5.61. The van der Waals surface area contributed by atoms with Gasteiger partial charge in [0.1, 0.15) is 0 Å². The molecule has 2 unspecified atom stereocenters. The van der Waals surface area contributed by atoms with Crippen molar-refractivity contribution in [2.45, 2.75) is 19.9 Å². The molecule has 0 aromatic carbocycles. The molecule has 0 amide bonds. The Bertz CT molecular complexity index is 109. The van der Waals surface area contributed by atoms with E-state index in [9.17, 15) is 0 Å². The smallest absolute Gasteiger partial charge is 0.0584 e. The molecule has 0 saturated carbocycles. The molecule has 12 heavy (non-hydrogen) atoms. The van der Waals surface area contributed by atoms with E-state index in [1.807, 2.05) is 21.0 Å². The summed E-state index contributed by atoms with van der Waals surface area (Å²) in [6.07, 6.45) is 0. The van der Waals surface area contributed by atoms with Crippen LogP contribution < -0.4 is 5.32 Å². The van der Waals surface area contributed by atoms with Crippen molar-refractivity contribution < 1.29 is 5.11 Å². The Morgan fingerprint density at radius 3 is 2.42 bits per heavy atom. The fourth-order valence-electron chi connectivity index (χ4n) is 1.22. The van der Waals surface area contributed by atoms with Crippen LogP contribution in [0.1, 0.15) is 13.8 Å². The Kier molecular flexibility index (Phi) is 6.34. The van der Waals surface area contributed by atoms with E-state index < -0.39 is 0 Å². The third-order valence-electron chi connectivity index (χ3n) is 2.17. The first-order valence-electron chi connectivity index (χ1n) is 4.57. The van der Waals surface area contributed by atoms with Crippen molar-refractivity contribution in [2.75, 3.05) is 33.8 Å². The van der Waals surface area contributed by atoms with Crippen LogP contribution in [0.4, 0.5) is 0 Å². The van der Waals surface area contributed by atoms with Crippen LogP contribution in [0.25, 0.3) is 0 Å². The highest BCUT2D eigenvalue weighted by molar-refractivity contribution is 4.65. The largest absolute Gasteiger partial charge is 0.395 e. The summed E-state index contributed by atoms with van der Waals surface area (Å²) in [6.45, 7) is 6.54. The minimum Gasteiger partial charge on any atom is -0.395 e. The van der Waals surface area contributed by atoms with E-state index >= 15 is 0 Å². The Labute approximate surface area is 75.8 Å². The van der Waals surface area contributed by atoms with Gasteiger partial charge in [-0.1, -0.05) is 6.92 Å². The minimum atomic E-state index is 0.239. The second-order valence-corrected chi connectivity index (χ2v) is 3.63. The molecular weight excluding hydrogens is 152 g/mol. The van der Waals surface area contributed by atoms with Crippen molar-refractivity contribution in [3.63, 3.8) is 0 Å². The Morgan fingerprint density at radius 2 is 2.00 bits per heavy atom.